The van der Waals surface area contributed by atoms with Gasteiger partial charge in [-0.05, 0) is 76.5 Å². The van der Waals surface area contributed by atoms with Crippen molar-refractivity contribution >= 4 is 11.6 Å². The Kier molecular flexibility index (Phi) is 9.15. The largest absolute Gasteiger partial charge is 0.497 e. The maximum Gasteiger partial charge on any atom is 0.139 e. The highest BCUT2D eigenvalue weighted by atomic mass is 16.5. The van der Waals surface area contributed by atoms with Crippen LogP contribution in [0, 0.1) is 17.8 Å². The predicted molar refractivity (Wildman–Crippen MR) is 137 cm³/mol. The van der Waals surface area contributed by atoms with Gasteiger partial charge >= 0.3 is 0 Å². The number of carbonyl (C=O) groups excluding carboxylic acids is 2. The van der Waals surface area contributed by atoms with E-state index in [4.69, 9.17) is 9.47 Å². The Morgan fingerprint density at radius 3 is 2.41 bits per heavy atom. The van der Waals surface area contributed by atoms with Crippen LogP contribution >= 0.6 is 0 Å². The fraction of sp³-hybridized carbons (Fsp3) is 0.655. The Morgan fingerprint density at radius 1 is 1.15 bits per heavy atom. The van der Waals surface area contributed by atoms with Gasteiger partial charge < -0.3 is 14.6 Å². The summed E-state index contributed by atoms with van der Waals surface area (Å²) in [6.07, 6.45) is 6.98. The standard InChI is InChI=1S/C29H44O5/c1-20(10-11-22-18-24(33-7)17-21(2)26(22)34-8)16-23(30)19-28(5)13-9-14-29(28,6)25(31)12-15-27(3,4)32/h10,17-18,32H,9,11-16,19H2,1-8H3/b20-10-/t28-,29+/m0/s1. The van der Waals surface area contributed by atoms with E-state index in [1.54, 1.807) is 28.1 Å². The third-order valence-electron chi connectivity index (χ3n) is 7.82. The molecule has 5 nitrogen and oxygen atoms in total. The Hall–Kier alpha value is -2.14. The molecule has 1 aliphatic rings. The topological polar surface area (TPSA) is 72.8 Å². The van der Waals surface area contributed by atoms with E-state index in [0.717, 1.165) is 47.5 Å². The van der Waals surface area contributed by atoms with Crippen molar-refractivity contribution in [2.24, 2.45) is 10.8 Å². The Balaban J connectivity index is 2.07. The number of ether oxygens (including phenoxy) is 2. The molecule has 0 amide bonds. The quantitative estimate of drug-likeness (QED) is 0.368. The van der Waals surface area contributed by atoms with Crippen LogP contribution in [-0.4, -0.2) is 36.5 Å². The number of ketones is 2. The number of methoxy groups -OCH3 is 2. The highest BCUT2D eigenvalue weighted by molar-refractivity contribution is 5.88. The Bertz CT molecular complexity index is 923. The number of benzene rings is 1. The van der Waals surface area contributed by atoms with E-state index < -0.39 is 11.0 Å². The third-order valence-corrected chi connectivity index (χ3v) is 7.82. The van der Waals surface area contributed by atoms with E-state index in [1.807, 2.05) is 32.9 Å². The molecule has 0 spiro atoms. The van der Waals surface area contributed by atoms with E-state index in [0.29, 0.717) is 32.1 Å². The van der Waals surface area contributed by atoms with Crippen LogP contribution in [0.5, 0.6) is 11.5 Å². The molecule has 0 aromatic heterocycles. The van der Waals surface area contributed by atoms with Crippen molar-refractivity contribution in [1.82, 2.24) is 0 Å². The number of Topliss-reactive ketones (excluding diaryl/α,β-unsaturated/α-hetero) is 2. The number of allylic oxidation sites excluding steroid dienone is 2. The molecule has 1 aromatic carbocycles. The van der Waals surface area contributed by atoms with Gasteiger partial charge in [-0.25, -0.2) is 0 Å². The minimum absolute atomic E-state index is 0.174. The summed E-state index contributed by atoms with van der Waals surface area (Å²) in [7, 11) is 3.32. The normalized spacial score (nSPS) is 23.1. The maximum absolute atomic E-state index is 13.2. The van der Waals surface area contributed by atoms with Crippen LogP contribution in [0.25, 0.3) is 0 Å². The van der Waals surface area contributed by atoms with Crippen molar-refractivity contribution < 1.29 is 24.2 Å². The second-order valence-corrected chi connectivity index (χ2v) is 11.3. The fourth-order valence-electron chi connectivity index (χ4n) is 5.40. The summed E-state index contributed by atoms with van der Waals surface area (Å²) in [6, 6.07) is 3.92. The first-order valence-electron chi connectivity index (χ1n) is 12.4. The molecule has 1 N–H and O–H groups in total. The maximum atomic E-state index is 13.2. The Labute approximate surface area is 205 Å². The zero-order chi connectivity index (χ0) is 25.7. The molecule has 34 heavy (non-hydrogen) atoms. The van der Waals surface area contributed by atoms with E-state index >= 15 is 0 Å². The van der Waals surface area contributed by atoms with Gasteiger partial charge in [0.1, 0.15) is 23.1 Å². The molecule has 1 aliphatic carbocycles. The molecule has 190 valence electrons. The van der Waals surface area contributed by atoms with Crippen LogP contribution in [0.15, 0.2) is 23.8 Å². The minimum atomic E-state index is -0.858. The number of aliphatic hydroxyl groups is 1. The summed E-state index contributed by atoms with van der Waals surface area (Å²) < 4.78 is 11.0. The molecule has 0 heterocycles. The highest BCUT2D eigenvalue weighted by Crippen LogP contribution is 2.56. The third kappa shape index (κ3) is 6.71. The Morgan fingerprint density at radius 2 is 1.82 bits per heavy atom. The highest BCUT2D eigenvalue weighted by Gasteiger charge is 2.53. The molecule has 0 radical (unpaired) electrons. The number of rotatable bonds is 12. The summed E-state index contributed by atoms with van der Waals surface area (Å²) in [5, 5.41) is 10.1. The van der Waals surface area contributed by atoms with Crippen molar-refractivity contribution in [2.45, 2.75) is 98.5 Å². The average Bonchev–Trinajstić information content (AvgIpc) is 3.04. The van der Waals surface area contributed by atoms with Crippen LogP contribution in [0.4, 0.5) is 0 Å². The van der Waals surface area contributed by atoms with Gasteiger partial charge in [0.15, 0.2) is 0 Å². The molecular formula is C29H44O5. The lowest BCUT2D eigenvalue weighted by Crippen LogP contribution is -2.41. The average molecular weight is 473 g/mol. The molecule has 1 saturated carbocycles. The van der Waals surface area contributed by atoms with Gasteiger partial charge in [-0.2, -0.15) is 0 Å². The SMILES string of the molecule is COc1cc(C)c(OC)c(C/C=C(/C)CC(=O)C[C@]2(C)CCC[C@]2(C)C(=O)CCC(C)(C)O)c1. The van der Waals surface area contributed by atoms with Gasteiger partial charge in [-0.3, -0.25) is 9.59 Å². The molecule has 2 atom stereocenters. The zero-order valence-corrected chi connectivity index (χ0v) is 22.5. The fourth-order valence-corrected chi connectivity index (χ4v) is 5.40. The molecule has 0 aliphatic heterocycles. The molecule has 0 saturated heterocycles. The number of hydrogen-bond acceptors (Lipinski definition) is 5. The van der Waals surface area contributed by atoms with Crippen LogP contribution < -0.4 is 9.47 Å². The molecule has 0 bridgehead atoms. The number of hydrogen-bond donors (Lipinski definition) is 1. The monoisotopic (exact) mass is 472 g/mol. The van der Waals surface area contributed by atoms with Gasteiger partial charge in [-0.15, -0.1) is 0 Å². The van der Waals surface area contributed by atoms with E-state index in [2.05, 4.69) is 13.0 Å². The smallest absolute Gasteiger partial charge is 0.139 e. The first-order chi connectivity index (χ1) is 15.7. The second kappa shape index (κ2) is 11.1. The molecule has 2 rings (SSSR count). The van der Waals surface area contributed by atoms with Crippen molar-refractivity contribution in [3.63, 3.8) is 0 Å². The van der Waals surface area contributed by atoms with Gasteiger partial charge in [0.25, 0.3) is 0 Å². The van der Waals surface area contributed by atoms with Gasteiger partial charge in [0.2, 0.25) is 0 Å². The van der Waals surface area contributed by atoms with E-state index in [1.165, 1.54) is 0 Å². The summed E-state index contributed by atoms with van der Waals surface area (Å²) in [6.45, 7) is 11.6. The van der Waals surface area contributed by atoms with Crippen LogP contribution in [0.2, 0.25) is 0 Å². The lowest BCUT2D eigenvalue weighted by molar-refractivity contribution is -0.136. The van der Waals surface area contributed by atoms with Gasteiger partial charge in [0.05, 0.1) is 19.8 Å². The summed E-state index contributed by atoms with van der Waals surface area (Å²) in [5.41, 5.74) is 1.35. The summed E-state index contributed by atoms with van der Waals surface area (Å²) >= 11 is 0. The second-order valence-electron chi connectivity index (χ2n) is 11.3. The number of aryl methyl sites for hydroxylation is 1. The van der Waals surface area contributed by atoms with Crippen LogP contribution in [0.1, 0.15) is 90.7 Å². The summed E-state index contributed by atoms with van der Waals surface area (Å²) in [4.78, 5) is 26.3. The lowest BCUT2D eigenvalue weighted by atomic mass is 9.62. The minimum Gasteiger partial charge on any atom is -0.497 e. The summed E-state index contributed by atoms with van der Waals surface area (Å²) in [5.74, 6) is 1.98. The van der Waals surface area contributed by atoms with E-state index in [9.17, 15) is 14.7 Å². The van der Waals surface area contributed by atoms with Crippen molar-refractivity contribution in [1.29, 1.82) is 0 Å². The molecule has 0 unspecified atom stereocenters. The van der Waals surface area contributed by atoms with Crippen LogP contribution in [0.3, 0.4) is 0 Å². The molecular weight excluding hydrogens is 428 g/mol. The first kappa shape index (κ1) is 28.1. The van der Waals surface area contributed by atoms with E-state index in [-0.39, 0.29) is 17.0 Å². The van der Waals surface area contributed by atoms with Crippen molar-refractivity contribution in [3.05, 3.63) is 34.9 Å². The molecule has 5 heteroatoms. The lowest BCUT2D eigenvalue weighted by Gasteiger charge is -2.40. The van der Waals surface area contributed by atoms with Crippen LogP contribution in [-0.2, 0) is 16.0 Å². The van der Waals surface area contributed by atoms with Crippen molar-refractivity contribution in [2.75, 3.05) is 14.2 Å². The molecule has 1 aromatic rings. The number of carbonyl (C=O) groups is 2. The zero-order valence-electron chi connectivity index (χ0n) is 22.5. The predicted octanol–water partition coefficient (Wildman–Crippen LogP) is 6.17. The van der Waals surface area contributed by atoms with Gasteiger partial charge in [-0.1, -0.05) is 31.9 Å². The molecule has 1 fully saturated rings. The first-order valence-corrected chi connectivity index (χ1v) is 12.4. The van der Waals surface area contributed by atoms with Crippen molar-refractivity contribution in [3.8, 4) is 11.5 Å². The van der Waals surface area contributed by atoms with Gasteiger partial charge in [0, 0.05) is 30.2 Å².